The molecule has 0 aliphatic heterocycles. The van der Waals surface area contributed by atoms with E-state index in [-0.39, 0.29) is 12.2 Å². The van der Waals surface area contributed by atoms with Gasteiger partial charge in [0.15, 0.2) is 0 Å². The molecule has 0 bridgehead atoms. The highest BCUT2D eigenvalue weighted by molar-refractivity contribution is 5.28. The lowest BCUT2D eigenvalue weighted by atomic mass is 9.68. The van der Waals surface area contributed by atoms with Gasteiger partial charge in [-0.1, -0.05) is 32.6 Å². The number of halogens is 2. The molecule has 0 heterocycles. The number of rotatable bonds is 6. The van der Waals surface area contributed by atoms with Crippen LogP contribution in [0.25, 0.3) is 0 Å². The van der Waals surface area contributed by atoms with E-state index in [0.717, 1.165) is 36.2 Å². The van der Waals surface area contributed by atoms with Crippen molar-refractivity contribution in [3.63, 3.8) is 0 Å². The molecule has 1 nitrogen and oxygen atoms in total. The topological polar surface area (TPSA) is 9.23 Å². The van der Waals surface area contributed by atoms with E-state index in [1.54, 1.807) is 12.1 Å². The van der Waals surface area contributed by atoms with Crippen LogP contribution in [0.5, 0.6) is 0 Å². The predicted molar refractivity (Wildman–Crippen MR) is 102 cm³/mol. The molecule has 1 aromatic rings. The lowest BCUT2D eigenvalue weighted by Crippen LogP contribution is -2.25. The third-order valence-corrected chi connectivity index (χ3v) is 6.95. The maximum atomic E-state index is 14.2. The summed E-state index contributed by atoms with van der Waals surface area (Å²) in [6, 6.07) is 3.08. The zero-order chi connectivity index (χ0) is 18.5. The standard InChI is InChI=1S/C23H34F2O/c1-3-4-16-5-7-17(8-6-16)18-9-11-19(12-10-18)20-13-22(24)21(15-26-2)23(25)14-20/h13-14,16-19H,3-12,15H2,1-2H3/t16-,17-,18?,19?. The molecule has 0 saturated heterocycles. The van der Waals surface area contributed by atoms with E-state index in [1.807, 2.05) is 0 Å². The van der Waals surface area contributed by atoms with Crippen LogP contribution in [0.4, 0.5) is 8.78 Å². The van der Waals surface area contributed by atoms with E-state index in [4.69, 9.17) is 4.74 Å². The van der Waals surface area contributed by atoms with Gasteiger partial charge in [-0.3, -0.25) is 0 Å². The summed E-state index contributed by atoms with van der Waals surface area (Å²) in [4.78, 5) is 0. The molecular weight excluding hydrogens is 330 g/mol. The van der Waals surface area contributed by atoms with Gasteiger partial charge in [-0.15, -0.1) is 0 Å². The predicted octanol–water partition coefficient (Wildman–Crippen LogP) is 6.99. The second-order valence-corrected chi connectivity index (χ2v) is 8.58. The average molecular weight is 365 g/mol. The van der Waals surface area contributed by atoms with E-state index in [0.29, 0.717) is 5.92 Å². The van der Waals surface area contributed by atoms with Gasteiger partial charge >= 0.3 is 0 Å². The van der Waals surface area contributed by atoms with E-state index < -0.39 is 11.6 Å². The lowest BCUT2D eigenvalue weighted by molar-refractivity contribution is 0.156. The van der Waals surface area contributed by atoms with Crippen molar-refractivity contribution in [1.29, 1.82) is 0 Å². The van der Waals surface area contributed by atoms with Gasteiger partial charge in [-0.05, 0) is 79.9 Å². The third kappa shape index (κ3) is 4.65. The van der Waals surface area contributed by atoms with E-state index >= 15 is 0 Å². The van der Waals surface area contributed by atoms with Crippen molar-refractivity contribution in [2.24, 2.45) is 17.8 Å². The van der Waals surface area contributed by atoms with Crippen molar-refractivity contribution < 1.29 is 13.5 Å². The maximum Gasteiger partial charge on any atom is 0.131 e. The Morgan fingerprint density at radius 3 is 1.92 bits per heavy atom. The van der Waals surface area contributed by atoms with Gasteiger partial charge in [-0.2, -0.15) is 0 Å². The summed E-state index contributed by atoms with van der Waals surface area (Å²) in [6.07, 6.45) is 12.9. The number of ether oxygens (including phenoxy) is 1. The van der Waals surface area contributed by atoms with Crippen molar-refractivity contribution in [3.05, 3.63) is 34.9 Å². The minimum atomic E-state index is -0.460. The third-order valence-electron chi connectivity index (χ3n) is 6.95. The van der Waals surface area contributed by atoms with Gasteiger partial charge in [-0.25, -0.2) is 8.78 Å². The first-order valence-corrected chi connectivity index (χ1v) is 10.6. The summed E-state index contributed by atoms with van der Waals surface area (Å²) in [5.41, 5.74) is 0.888. The molecule has 26 heavy (non-hydrogen) atoms. The fourth-order valence-corrected chi connectivity index (χ4v) is 5.42. The molecule has 2 fully saturated rings. The molecule has 0 aromatic heterocycles. The lowest BCUT2D eigenvalue weighted by Gasteiger charge is -2.38. The van der Waals surface area contributed by atoms with Crippen LogP contribution in [-0.4, -0.2) is 7.11 Å². The van der Waals surface area contributed by atoms with Crippen LogP contribution >= 0.6 is 0 Å². The zero-order valence-corrected chi connectivity index (χ0v) is 16.4. The Morgan fingerprint density at radius 1 is 0.885 bits per heavy atom. The van der Waals surface area contributed by atoms with E-state index in [1.165, 1.54) is 58.5 Å². The van der Waals surface area contributed by atoms with Gasteiger partial charge in [0.05, 0.1) is 6.61 Å². The Balaban J connectivity index is 1.54. The van der Waals surface area contributed by atoms with Crippen LogP contribution in [-0.2, 0) is 11.3 Å². The summed E-state index contributed by atoms with van der Waals surface area (Å²) in [5.74, 6) is 2.07. The molecule has 0 atom stereocenters. The normalized spacial score (nSPS) is 29.7. The van der Waals surface area contributed by atoms with Gasteiger partial charge < -0.3 is 4.74 Å². The first-order chi connectivity index (χ1) is 12.6. The van der Waals surface area contributed by atoms with Crippen LogP contribution in [0.15, 0.2) is 12.1 Å². The van der Waals surface area contributed by atoms with Crippen molar-refractivity contribution in [2.75, 3.05) is 7.11 Å². The Morgan fingerprint density at radius 2 is 1.42 bits per heavy atom. The second kappa shape index (κ2) is 9.30. The Kier molecular flexibility index (Phi) is 7.08. The largest absolute Gasteiger partial charge is 0.380 e. The van der Waals surface area contributed by atoms with Gasteiger partial charge in [0.2, 0.25) is 0 Å². The highest BCUT2D eigenvalue weighted by Gasteiger charge is 2.31. The highest BCUT2D eigenvalue weighted by atomic mass is 19.1. The second-order valence-electron chi connectivity index (χ2n) is 8.58. The van der Waals surface area contributed by atoms with Gasteiger partial charge in [0.25, 0.3) is 0 Å². The molecule has 0 radical (unpaired) electrons. The quantitative estimate of drug-likeness (QED) is 0.528. The van der Waals surface area contributed by atoms with Crippen LogP contribution in [0.2, 0.25) is 0 Å². The monoisotopic (exact) mass is 364 g/mol. The summed E-state index contributed by atoms with van der Waals surface area (Å²) in [6.45, 7) is 2.28. The van der Waals surface area contributed by atoms with Gasteiger partial charge in [0, 0.05) is 12.7 Å². The van der Waals surface area contributed by atoms with Crippen molar-refractivity contribution >= 4 is 0 Å². The summed E-state index contributed by atoms with van der Waals surface area (Å²) in [5, 5.41) is 0. The minimum absolute atomic E-state index is 0.00854. The fourth-order valence-electron chi connectivity index (χ4n) is 5.42. The highest BCUT2D eigenvalue weighted by Crippen LogP contribution is 2.44. The van der Waals surface area contributed by atoms with Crippen LogP contribution in [0.1, 0.15) is 88.2 Å². The molecule has 146 valence electrons. The van der Waals surface area contributed by atoms with Crippen LogP contribution in [0, 0.1) is 29.4 Å². The smallest absolute Gasteiger partial charge is 0.131 e. The number of benzene rings is 1. The molecule has 3 heteroatoms. The van der Waals surface area contributed by atoms with Crippen molar-refractivity contribution in [1.82, 2.24) is 0 Å². The van der Waals surface area contributed by atoms with E-state index in [9.17, 15) is 8.78 Å². The molecule has 1 aromatic carbocycles. The van der Waals surface area contributed by atoms with Crippen molar-refractivity contribution in [2.45, 2.75) is 83.7 Å². The molecule has 0 spiro atoms. The molecule has 0 unspecified atom stereocenters. The number of hydrogen-bond acceptors (Lipinski definition) is 1. The van der Waals surface area contributed by atoms with E-state index in [2.05, 4.69) is 6.92 Å². The number of methoxy groups -OCH3 is 1. The van der Waals surface area contributed by atoms with Gasteiger partial charge in [0.1, 0.15) is 11.6 Å². The maximum absolute atomic E-state index is 14.2. The Labute approximate surface area is 157 Å². The number of hydrogen-bond donors (Lipinski definition) is 0. The molecule has 2 saturated carbocycles. The fraction of sp³-hybridized carbons (Fsp3) is 0.739. The average Bonchev–Trinajstić information content (AvgIpc) is 2.66. The molecule has 3 rings (SSSR count). The zero-order valence-electron chi connectivity index (χ0n) is 16.4. The molecule has 0 N–H and O–H groups in total. The minimum Gasteiger partial charge on any atom is -0.380 e. The Hall–Kier alpha value is -0.960. The van der Waals surface area contributed by atoms with Crippen molar-refractivity contribution in [3.8, 4) is 0 Å². The molecule has 0 amide bonds. The molecule has 2 aliphatic rings. The molecule has 2 aliphatic carbocycles. The van der Waals surface area contributed by atoms with Crippen LogP contribution < -0.4 is 0 Å². The first-order valence-electron chi connectivity index (χ1n) is 10.6. The summed E-state index contributed by atoms with van der Waals surface area (Å²) < 4.78 is 33.3. The summed E-state index contributed by atoms with van der Waals surface area (Å²) >= 11 is 0. The first kappa shape index (κ1) is 19.8. The van der Waals surface area contributed by atoms with Crippen LogP contribution in [0.3, 0.4) is 0 Å². The Bertz CT molecular complexity index is 547. The molecular formula is C23H34F2O. The summed E-state index contributed by atoms with van der Waals surface area (Å²) in [7, 11) is 1.46. The SMILES string of the molecule is CCC[C@H]1CC[C@H](C2CCC(c3cc(F)c(COC)c(F)c3)CC2)CC1.